The molecule has 0 saturated carbocycles. The second-order valence-electron chi connectivity index (χ2n) is 8.89. The van der Waals surface area contributed by atoms with E-state index in [-0.39, 0.29) is 36.3 Å². The molecule has 10 nitrogen and oxygen atoms in total. The summed E-state index contributed by atoms with van der Waals surface area (Å²) in [7, 11) is 3.00. The fraction of sp³-hybridized carbons (Fsp3) is 0.333. The smallest absolute Gasteiger partial charge is 0.246 e. The van der Waals surface area contributed by atoms with Gasteiger partial charge in [0, 0.05) is 44.5 Å². The topological polar surface area (TPSA) is 115 Å². The highest BCUT2D eigenvalue weighted by Crippen LogP contribution is 2.37. The summed E-state index contributed by atoms with van der Waals surface area (Å²) < 4.78 is 45.0. The molecule has 1 saturated heterocycles. The van der Waals surface area contributed by atoms with Gasteiger partial charge in [-0.1, -0.05) is 18.2 Å². The standard InChI is InChI=1S/C27H28ClF2N5O5/c1-4-23(36)35-9-7-15(11-20(35)27(37)31-8-10-38-2)40-22-12-16-19(13-21(22)39-3)32-14-33-26(16)34-18-6-5-17(29)24(28)25(18)30/h4-6,12-15,20H,1,7-11H2,2-3H3,(H,31,37)(H,32,33,34)/t15-,20-/m0/s1. The van der Waals surface area contributed by atoms with E-state index in [1.165, 1.54) is 37.6 Å². The number of benzene rings is 2. The Labute approximate surface area is 234 Å². The van der Waals surface area contributed by atoms with Crippen LogP contribution >= 0.6 is 11.6 Å². The third kappa shape index (κ3) is 6.23. The lowest BCUT2D eigenvalue weighted by Gasteiger charge is -2.38. The molecule has 0 radical (unpaired) electrons. The van der Waals surface area contributed by atoms with Gasteiger partial charge in [0.15, 0.2) is 17.3 Å². The molecular formula is C27H28ClF2N5O5. The van der Waals surface area contributed by atoms with Gasteiger partial charge in [-0.15, -0.1) is 0 Å². The van der Waals surface area contributed by atoms with Crippen LogP contribution in [0.25, 0.3) is 10.9 Å². The van der Waals surface area contributed by atoms with Crippen molar-refractivity contribution in [3.8, 4) is 11.5 Å². The van der Waals surface area contributed by atoms with Gasteiger partial charge >= 0.3 is 0 Å². The summed E-state index contributed by atoms with van der Waals surface area (Å²) in [4.78, 5) is 35.3. The van der Waals surface area contributed by atoms with Crippen molar-refractivity contribution in [3.05, 3.63) is 59.9 Å². The Kier molecular flexibility index (Phi) is 9.33. The van der Waals surface area contributed by atoms with Gasteiger partial charge in [0.05, 0.1) is 24.9 Å². The minimum absolute atomic E-state index is 0.0775. The SMILES string of the molecule is C=CC(=O)N1CC[C@H](Oc2cc3c(Nc4ccc(F)c(Cl)c4F)ncnc3cc2OC)C[C@H]1C(=O)NCCOC. The third-order valence-corrected chi connectivity index (χ3v) is 6.77. The first kappa shape index (κ1) is 29.0. The number of carbonyl (C=O) groups excluding carboxylic acids is 2. The van der Waals surface area contributed by atoms with Crippen LogP contribution in [-0.2, 0) is 14.3 Å². The van der Waals surface area contributed by atoms with Crippen molar-refractivity contribution in [1.82, 2.24) is 20.2 Å². The molecule has 1 aliphatic rings. The summed E-state index contributed by atoms with van der Waals surface area (Å²) in [5.74, 6) is -1.60. The molecule has 212 valence electrons. The van der Waals surface area contributed by atoms with E-state index in [1.807, 2.05) is 0 Å². The molecule has 13 heteroatoms. The van der Waals surface area contributed by atoms with Crippen molar-refractivity contribution in [1.29, 1.82) is 0 Å². The van der Waals surface area contributed by atoms with E-state index in [1.54, 1.807) is 12.1 Å². The Morgan fingerprint density at radius 3 is 2.75 bits per heavy atom. The van der Waals surface area contributed by atoms with E-state index >= 15 is 0 Å². The minimum atomic E-state index is -0.964. The molecule has 2 amide bonds. The highest BCUT2D eigenvalue weighted by atomic mass is 35.5. The first-order valence-electron chi connectivity index (χ1n) is 12.4. The molecule has 0 unspecified atom stereocenters. The van der Waals surface area contributed by atoms with Crippen LogP contribution in [-0.4, -0.2) is 72.7 Å². The van der Waals surface area contributed by atoms with Crippen molar-refractivity contribution >= 4 is 45.8 Å². The number of rotatable bonds is 10. The van der Waals surface area contributed by atoms with Crippen molar-refractivity contribution in [2.24, 2.45) is 0 Å². The molecule has 0 bridgehead atoms. The summed E-state index contributed by atoms with van der Waals surface area (Å²) in [5.41, 5.74) is 0.392. The van der Waals surface area contributed by atoms with Crippen molar-refractivity contribution in [2.75, 3.05) is 39.2 Å². The summed E-state index contributed by atoms with van der Waals surface area (Å²) in [6, 6.07) is 4.74. The molecule has 0 spiro atoms. The number of carbonyl (C=O) groups is 2. The Hall–Kier alpha value is -4.03. The number of likely N-dealkylation sites (tertiary alicyclic amines) is 1. The van der Waals surface area contributed by atoms with Crippen LogP contribution in [0.15, 0.2) is 43.2 Å². The maximum absolute atomic E-state index is 14.6. The van der Waals surface area contributed by atoms with Crippen LogP contribution in [0.1, 0.15) is 12.8 Å². The second kappa shape index (κ2) is 12.9. The molecule has 2 atom stereocenters. The molecule has 3 aromatic rings. The number of nitrogens with zero attached hydrogens (tertiary/aromatic N) is 3. The Bertz CT molecular complexity index is 1430. The molecule has 2 aromatic carbocycles. The zero-order chi connectivity index (χ0) is 28.8. The number of halogens is 3. The zero-order valence-electron chi connectivity index (χ0n) is 21.9. The minimum Gasteiger partial charge on any atom is -0.493 e. The number of methoxy groups -OCH3 is 2. The van der Waals surface area contributed by atoms with E-state index in [0.717, 1.165) is 6.07 Å². The van der Waals surface area contributed by atoms with Crippen LogP contribution in [0.2, 0.25) is 5.02 Å². The van der Waals surface area contributed by atoms with E-state index < -0.39 is 28.8 Å². The maximum atomic E-state index is 14.6. The Morgan fingerprint density at radius 2 is 2.02 bits per heavy atom. The quantitative estimate of drug-likeness (QED) is 0.212. The normalized spacial score (nSPS) is 16.9. The van der Waals surface area contributed by atoms with E-state index in [2.05, 4.69) is 27.2 Å². The molecule has 4 rings (SSSR count). The molecule has 1 fully saturated rings. The molecule has 0 aliphatic carbocycles. The predicted octanol–water partition coefficient (Wildman–Crippen LogP) is 4.00. The lowest BCUT2D eigenvalue weighted by Crippen LogP contribution is -2.55. The average molecular weight is 576 g/mol. The number of fused-ring (bicyclic) bond motifs is 1. The molecule has 40 heavy (non-hydrogen) atoms. The number of ether oxygens (including phenoxy) is 3. The van der Waals surface area contributed by atoms with Crippen LogP contribution in [0, 0.1) is 11.6 Å². The highest BCUT2D eigenvalue weighted by Gasteiger charge is 2.36. The first-order valence-corrected chi connectivity index (χ1v) is 12.7. The van der Waals surface area contributed by atoms with Gasteiger partial charge in [-0.2, -0.15) is 0 Å². The van der Waals surface area contributed by atoms with Crippen molar-refractivity contribution < 1.29 is 32.6 Å². The number of piperidine rings is 1. The van der Waals surface area contributed by atoms with Gasteiger partial charge in [-0.25, -0.2) is 18.7 Å². The van der Waals surface area contributed by atoms with Gasteiger partial charge < -0.3 is 29.7 Å². The van der Waals surface area contributed by atoms with Gasteiger partial charge in [-0.3, -0.25) is 9.59 Å². The van der Waals surface area contributed by atoms with E-state index in [0.29, 0.717) is 42.0 Å². The number of hydrogen-bond acceptors (Lipinski definition) is 8. The molecular weight excluding hydrogens is 548 g/mol. The number of aromatic nitrogens is 2. The van der Waals surface area contributed by atoms with Gasteiger partial charge in [0.25, 0.3) is 0 Å². The fourth-order valence-corrected chi connectivity index (χ4v) is 4.57. The predicted molar refractivity (Wildman–Crippen MR) is 145 cm³/mol. The number of nitrogens with one attached hydrogen (secondary N) is 2. The van der Waals surface area contributed by atoms with Crippen LogP contribution in [0.5, 0.6) is 11.5 Å². The van der Waals surface area contributed by atoms with Crippen LogP contribution in [0.4, 0.5) is 20.3 Å². The summed E-state index contributed by atoms with van der Waals surface area (Å²) in [5, 5.41) is 5.43. The fourth-order valence-electron chi connectivity index (χ4n) is 4.41. The van der Waals surface area contributed by atoms with E-state index in [4.69, 9.17) is 25.8 Å². The molecule has 2 heterocycles. The second-order valence-corrected chi connectivity index (χ2v) is 9.27. The number of anilines is 2. The lowest BCUT2D eigenvalue weighted by atomic mass is 9.98. The van der Waals surface area contributed by atoms with E-state index in [9.17, 15) is 18.4 Å². The molecule has 1 aliphatic heterocycles. The Balaban J connectivity index is 1.62. The number of amides is 2. The van der Waals surface area contributed by atoms with Crippen molar-refractivity contribution in [2.45, 2.75) is 25.0 Å². The average Bonchev–Trinajstić information content (AvgIpc) is 2.97. The Morgan fingerprint density at radius 1 is 1.23 bits per heavy atom. The summed E-state index contributed by atoms with van der Waals surface area (Å²) >= 11 is 5.73. The lowest BCUT2D eigenvalue weighted by molar-refractivity contribution is -0.140. The zero-order valence-corrected chi connectivity index (χ0v) is 22.6. The van der Waals surface area contributed by atoms with Gasteiger partial charge in [0.2, 0.25) is 11.8 Å². The van der Waals surface area contributed by atoms with Gasteiger partial charge in [-0.05, 0) is 24.3 Å². The van der Waals surface area contributed by atoms with Gasteiger partial charge in [0.1, 0.15) is 35.1 Å². The van der Waals surface area contributed by atoms with Crippen LogP contribution in [0.3, 0.4) is 0 Å². The summed E-state index contributed by atoms with van der Waals surface area (Å²) in [6.45, 7) is 4.43. The molecule has 1 aromatic heterocycles. The first-order chi connectivity index (χ1) is 19.3. The number of hydrogen-bond donors (Lipinski definition) is 2. The highest BCUT2D eigenvalue weighted by molar-refractivity contribution is 6.31. The summed E-state index contributed by atoms with van der Waals surface area (Å²) in [6.07, 6.45) is 2.67. The van der Waals surface area contributed by atoms with Crippen molar-refractivity contribution in [3.63, 3.8) is 0 Å². The maximum Gasteiger partial charge on any atom is 0.246 e. The largest absolute Gasteiger partial charge is 0.493 e. The third-order valence-electron chi connectivity index (χ3n) is 6.42. The monoisotopic (exact) mass is 575 g/mol. The van der Waals surface area contributed by atoms with Crippen LogP contribution < -0.4 is 20.1 Å². The molecule has 2 N–H and O–H groups in total.